The third kappa shape index (κ3) is 2.11. The van der Waals surface area contributed by atoms with Crippen molar-refractivity contribution in [3.05, 3.63) is 40.3 Å². The van der Waals surface area contributed by atoms with Gasteiger partial charge in [0.1, 0.15) is 4.88 Å². The minimum Gasteiger partial charge on any atom is -0.465 e. The Hall–Kier alpha value is -1.85. The van der Waals surface area contributed by atoms with Gasteiger partial charge in [-0.05, 0) is 28.8 Å². The molecule has 1 aliphatic heterocycles. The first-order chi connectivity index (χ1) is 9.19. The third-order valence-electron chi connectivity index (χ3n) is 3.14. The number of carbonyl (C=O) groups is 1. The van der Waals surface area contributed by atoms with E-state index in [-0.39, 0.29) is 0 Å². The molecule has 1 aromatic heterocycles. The van der Waals surface area contributed by atoms with Crippen LogP contribution in [0.1, 0.15) is 20.8 Å². The average Bonchev–Trinajstić information content (AvgIpc) is 3.03. The fourth-order valence-corrected chi connectivity index (χ4v) is 3.12. The molecule has 0 spiro atoms. The highest BCUT2D eigenvalue weighted by Crippen LogP contribution is 2.35. The molecule has 0 amide bonds. The Kier molecular flexibility index (Phi) is 3.00. The second-order valence-corrected chi connectivity index (χ2v) is 5.42. The Balaban J connectivity index is 2.01. The van der Waals surface area contributed by atoms with E-state index in [2.05, 4.69) is 12.1 Å². The van der Waals surface area contributed by atoms with E-state index in [0.717, 1.165) is 10.4 Å². The molecular weight excluding hydrogens is 262 g/mol. The molecule has 1 aromatic carbocycles. The number of rotatable bonds is 2. The summed E-state index contributed by atoms with van der Waals surface area (Å²) in [4.78, 5) is 13.0. The van der Waals surface area contributed by atoms with Gasteiger partial charge < -0.3 is 15.2 Å². The van der Waals surface area contributed by atoms with Gasteiger partial charge in [0.05, 0.1) is 26.0 Å². The lowest BCUT2D eigenvalue weighted by atomic mass is 10.1. The predicted octanol–water partition coefficient (Wildman–Crippen LogP) is 2.81. The van der Waals surface area contributed by atoms with Crippen LogP contribution in [0.2, 0.25) is 0 Å². The molecule has 2 heterocycles. The Morgan fingerprint density at radius 3 is 2.89 bits per heavy atom. The van der Waals surface area contributed by atoms with Crippen LogP contribution in [-0.4, -0.2) is 13.1 Å². The van der Waals surface area contributed by atoms with Gasteiger partial charge in [-0.15, -0.1) is 11.3 Å². The number of anilines is 1. The first kappa shape index (κ1) is 12.2. The number of ether oxygens (including phenoxy) is 2. The standard InChI is InChI=1S/C14H13NO3S/c1-17-14(16)13-11(15)5-12(19-13)8-2-3-9-6-18-7-10(9)4-8/h2-5H,6-7,15H2,1H3. The van der Waals surface area contributed by atoms with Crippen molar-refractivity contribution < 1.29 is 14.3 Å². The number of fused-ring (bicyclic) bond motifs is 1. The maximum Gasteiger partial charge on any atom is 0.350 e. The van der Waals surface area contributed by atoms with E-state index in [0.29, 0.717) is 23.8 Å². The summed E-state index contributed by atoms with van der Waals surface area (Å²) in [6.07, 6.45) is 0. The number of hydrogen-bond acceptors (Lipinski definition) is 5. The van der Waals surface area contributed by atoms with Crippen molar-refractivity contribution >= 4 is 23.0 Å². The van der Waals surface area contributed by atoms with E-state index in [1.54, 1.807) is 0 Å². The van der Waals surface area contributed by atoms with Crippen molar-refractivity contribution in [1.82, 2.24) is 0 Å². The fraction of sp³-hybridized carbons (Fsp3) is 0.214. The summed E-state index contributed by atoms with van der Waals surface area (Å²) >= 11 is 1.35. The molecule has 19 heavy (non-hydrogen) atoms. The molecule has 0 unspecified atom stereocenters. The summed E-state index contributed by atoms with van der Waals surface area (Å²) in [6.45, 7) is 1.32. The highest BCUT2D eigenvalue weighted by atomic mass is 32.1. The van der Waals surface area contributed by atoms with Gasteiger partial charge in [-0.1, -0.05) is 12.1 Å². The minimum absolute atomic E-state index is 0.391. The van der Waals surface area contributed by atoms with Gasteiger partial charge in [0.25, 0.3) is 0 Å². The number of hydrogen-bond donors (Lipinski definition) is 1. The molecular formula is C14H13NO3S. The Morgan fingerprint density at radius 2 is 2.11 bits per heavy atom. The molecule has 1 aliphatic rings. The maximum absolute atomic E-state index is 11.6. The average molecular weight is 275 g/mol. The van der Waals surface area contributed by atoms with Crippen LogP contribution in [0.4, 0.5) is 5.69 Å². The lowest BCUT2D eigenvalue weighted by Crippen LogP contribution is -2.00. The molecule has 0 bridgehead atoms. The van der Waals surface area contributed by atoms with Gasteiger partial charge in [0, 0.05) is 4.88 Å². The fourth-order valence-electron chi connectivity index (χ4n) is 2.12. The second kappa shape index (κ2) is 4.68. The molecule has 0 atom stereocenters. The van der Waals surface area contributed by atoms with Crippen molar-refractivity contribution in [2.24, 2.45) is 0 Å². The van der Waals surface area contributed by atoms with Gasteiger partial charge in [-0.25, -0.2) is 4.79 Å². The van der Waals surface area contributed by atoms with Crippen LogP contribution in [0.3, 0.4) is 0 Å². The van der Waals surface area contributed by atoms with Crippen molar-refractivity contribution in [2.45, 2.75) is 13.2 Å². The molecule has 2 aromatic rings. The van der Waals surface area contributed by atoms with Gasteiger partial charge in [0.2, 0.25) is 0 Å². The van der Waals surface area contributed by atoms with E-state index in [1.165, 1.54) is 29.6 Å². The monoisotopic (exact) mass is 275 g/mol. The van der Waals surface area contributed by atoms with Crippen molar-refractivity contribution in [2.75, 3.05) is 12.8 Å². The SMILES string of the molecule is COC(=O)c1sc(-c2ccc3c(c2)COC3)cc1N. The molecule has 3 rings (SSSR count). The van der Waals surface area contributed by atoms with E-state index in [1.807, 2.05) is 12.1 Å². The molecule has 0 aliphatic carbocycles. The number of thiophene rings is 1. The molecule has 0 fully saturated rings. The van der Waals surface area contributed by atoms with E-state index in [9.17, 15) is 4.79 Å². The highest BCUT2D eigenvalue weighted by Gasteiger charge is 2.17. The van der Waals surface area contributed by atoms with Crippen LogP contribution in [0.25, 0.3) is 10.4 Å². The van der Waals surface area contributed by atoms with Crippen LogP contribution < -0.4 is 5.73 Å². The number of esters is 1. The summed E-state index contributed by atoms with van der Waals surface area (Å²) in [5.41, 5.74) is 9.79. The van der Waals surface area contributed by atoms with Crippen LogP contribution in [0.15, 0.2) is 24.3 Å². The largest absolute Gasteiger partial charge is 0.465 e. The number of nitrogens with two attached hydrogens (primary N) is 1. The zero-order valence-corrected chi connectivity index (χ0v) is 11.3. The summed E-state index contributed by atoms with van der Waals surface area (Å²) < 4.78 is 10.1. The topological polar surface area (TPSA) is 61.5 Å². The molecule has 0 saturated heterocycles. The maximum atomic E-state index is 11.6. The Bertz CT molecular complexity index is 648. The van der Waals surface area contributed by atoms with Gasteiger partial charge in [0.15, 0.2) is 0 Å². The lowest BCUT2D eigenvalue weighted by molar-refractivity contribution is 0.0607. The molecule has 0 saturated carbocycles. The van der Waals surface area contributed by atoms with Crippen molar-refractivity contribution in [3.8, 4) is 10.4 Å². The van der Waals surface area contributed by atoms with Crippen LogP contribution >= 0.6 is 11.3 Å². The quantitative estimate of drug-likeness (QED) is 0.856. The Morgan fingerprint density at radius 1 is 1.32 bits per heavy atom. The van der Waals surface area contributed by atoms with E-state index >= 15 is 0 Å². The van der Waals surface area contributed by atoms with Gasteiger partial charge in [-0.3, -0.25) is 0 Å². The Labute approximate surface area is 114 Å². The zero-order chi connectivity index (χ0) is 13.4. The summed E-state index contributed by atoms with van der Waals surface area (Å²) in [5.74, 6) is -0.391. The first-order valence-corrected chi connectivity index (χ1v) is 6.68. The van der Waals surface area contributed by atoms with Gasteiger partial charge in [-0.2, -0.15) is 0 Å². The summed E-state index contributed by atoms with van der Waals surface area (Å²) in [5, 5.41) is 0. The number of methoxy groups -OCH3 is 1. The molecule has 2 N–H and O–H groups in total. The highest BCUT2D eigenvalue weighted by molar-refractivity contribution is 7.18. The van der Waals surface area contributed by atoms with Crippen LogP contribution in [-0.2, 0) is 22.7 Å². The summed E-state index contributed by atoms with van der Waals surface area (Å²) in [7, 11) is 1.36. The van der Waals surface area contributed by atoms with Crippen molar-refractivity contribution in [1.29, 1.82) is 0 Å². The van der Waals surface area contributed by atoms with E-state index in [4.69, 9.17) is 15.2 Å². The number of carbonyl (C=O) groups excluding carboxylic acids is 1. The number of nitrogen functional groups attached to an aromatic ring is 1. The molecule has 98 valence electrons. The third-order valence-corrected chi connectivity index (χ3v) is 4.32. The zero-order valence-electron chi connectivity index (χ0n) is 10.4. The minimum atomic E-state index is -0.391. The predicted molar refractivity (Wildman–Crippen MR) is 74.0 cm³/mol. The second-order valence-electron chi connectivity index (χ2n) is 4.36. The van der Waals surface area contributed by atoms with Crippen molar-refractivity contribution in [3.63, 3.8) is 0 Å². The lowest BCUT2D eigenvalue weighted by Gasteiger charge is -2.01. The van der Waals surface area contributed by atoms with Crippen LogP contribution in [0, 0.1) is 0 Å². The molecule has 0 radical (unpaired) electrons. The molecule has 4 nitrogen and oxygen atoms in total. The van der Waals surface area contributed by atoms with E-state index < -0.39 is 5.97 Å². The first-order valence-electron chi connectivity index (χ1n) is 5.86. The molecule has 5 heteroatoms. The summed E-state index contributed by atoms with van der Waals surface area (Å²) in [6, 6.07) is 7.99. The van der Waals surface area contributed by atoms with Gasteiger partial charge >= 0.3 is 5.97 Å². The van der Waals surface area contributed by atoms with Crippen LogP contribution in [0.5, 0.6) is 0 Å². The number of benzene rings is 1. The smallest absolute Gasteiger partial charge is 0.350 e. The normalized spacial score (nSPS) is 13.3.